The van der Waals surface area contributed by atoms with Crippen molar-refractivity contribution >= 4 is 0 Å². The van der Waals surface area contributed by atoms with Crippen LogP contribution >= 0.6 is 0 Å². The topological polar surface area (TPSA) is 72.6 Å². The highest BCUT2D eigenvalue weighted by molar-refractivity contribution is 5.49. The van der Waals surface area contributed by atoms with Crippen LogP contribution in [0.5, 0.6) is 0 Å². The number of fused-ring (bicyclic) bond motifs is 1. The number of hydrogen-bond acceptors (Lipinski definition) is 4. The van der Waals surface area contributed by atoms with Crippen LogP contribution in [0.3, 0.4) is 0 Å². The van der Waals surface area contributed by atoms with Crippen LogP contribution < -0.4 is 0 Å². The third-order valence-corrected chi connectivity index (χ3v) is 4.01. The highest BCUT2D eigenvalue weighted by Gasteiger charge is 2.31. The molecular formula is C15H21NO4. The number of aliphatic hydroxyl groups is 1. The van der Waals surface area contributed by atoms with Crippen molar-refractivity contribution in [1.82, 2.24) is 0 Å². The molecule has 0 aliphatic heterocycles. The van der Waals surface area contributed by atoms with Gasteiger partial charge in [-0.15, -0.1) is 10.1 Å². The number of nitrogens with zero attached hydrogens (tertiary/aromatic N) is 1. The number of rotatable bonds is 5. The Kier molecular flexibility index (Phi) is 3.99. The van der Waals surface area contributed by atoms with E-state index >= 15 is 0 Å². The average molecular weight is 279 g/mol. The first-order valence-corrected chi connectivity index (χ1v) is 6.85. The molecule has 0 bridgehead atoms. The van der Waals surface area contributed by atoms with Gasteiger partial charge >= 0.3 is 0 Å². The van der Waals surface area contributed by atoms with Gasteiger partial charge in [0.1, 0.15) is 6.61 Å². The summed E-state index contributed by atoms with van der Waals surface area (Å²) in [6, 6.07) is 2.16. The zero-order valence-corrected chi connectivity index (χ0v) is 12.2. The van der Waals surface area contributed by atoms with Crippen molar-refractivity contribution in [3.63, 3.8) is 0 Å². The molecule has 0 radical (unpaired) electrons. The summed E-state index contributed by atoms with van der Waals surface area (Å²) in [4.78, 5) is 14.6. The molecule has 1 aliphatic rings. The number of benzene rings is 1. The van der Waals surface area contributed by atoms with E-state index in [9.17, 15) is 15.2 Å². The summed E-state index contributed by atoms with van der Waals surface area (Å²) >= 11 is 0. The SMILES string of the molecule is Cc1cc2c(c(CO)c1CCO[N+](=O)[O-])CC(C)(C)C2. The zero-order chi connectivity index (χ0) is 14.9. The van der Waals surface area contributed by atoms with Gasteiger partial charge in [0, 0.05) is 0 Å². The highest BCUT2D eigenvalue weighted by atomic mass is 16.9. The van der Waals surface area contributed by atoms with Gasteiger partial charge in [0.05, 0.1) is 6.61 Å². The van der Waals surface area contributed by atoms with E-state index in [1.807, 2.05) is 6.92 Å². The van der Waals surface area contributed by atoms with E-state index in [2.05, 4.69) is 24.8 Å². The molecule has 5 nitrogen and oxygen atoms in total. The Bertz CT molecular complexity index is 537. The van der Waals surface area contributed by atoms with Gasteiger partial charge in [0.25, 0.3) is 5.09 Å². The summed E-state index contributed by atoms with van der Waals surface area (Å²) in [7, 11) is 0. The Hall–Kier alpha value is -1.62. The van der Waals surface area contributed by atoms with E-state index in [1.165, 1.54) is 11.1 Å². The second-order valence-electron chi connectivity index (χ2n) is 6.27. The Morgan fingerprint density at radius 2 is 2.10 bits per heavy atom. The van der Waals surface area contributed by atoms with Crippen molar-refractivity contribution in [2.75, 3.05) is 6.61 Å². The fourth-order valence-electron chi connectivity index (χ4n) is 3.25. The van der Waals surface area contributed by atoms with Crippen LogP contribution in [0.25, 0.3) is 0 Å². The molecular weight excluding hydrogens is 258 g/mol. The minimum Gasteiger partial charge on any atom is -0.392 e. The summed E-state index contributed by atoms with van der Waals surface area (Å²) in [6.07, 6.45) is 2.42. The lowest BCUT2D eigenvalue weighted by atomic mass is 9.89. The second-order valence-corrected chi connectivity index (χ2v) is 6.27. The zero-order valence-electron chi connectivity index (χ0n) is 12.2. The molecule has 0 fully saturated rings. The van der Waals surface area contributed by atoms with Crippen LogP contribution in [0, 0.1) is 22.5 Å². The third kappa shape index (κ3) is 2.93. The lowest BCUT2D eigenvalue weighted by Crippen LogP contribution is -2.11. The second kappa shape index (κ2) is 5.40. The Morgan fingerprint density at radius 3 is 2.70 bits per heavy atom. The molecule has 20 heavy (non-hydrogen) atoms. The predicted molar refractivity (Wildman–Crippen MR) is 74.9 cm³/mol. The standard InChI is InChI=1S/C15H21NO4/c1-10-6-11-7-15(2,3)8-13(11)14(9-17)12(10)4-5-20-16(18)19/h6,17H,4-5,7-9H2,1-3H3. The molecule has 0 aromatic heterocycles. The van der Waals surface area contributed by atoms with Crippen molar-refractivity contribution in [2.45, 2.75) is 46.6 Å². The normalized spacial score (nSPS) is 16.0. The van der Waals surface area contributed by atoms with Crippen molar-refractivity contribution in [1.29, 1.82) is 0 Å². The van der Waals surface area contributed by atoms with Gasteiger partial charge < -0.3 is 9.94 Å². The fourth-order valence-corrected chi connectivity index (χ4v) is 3.25. The molecule has 5 heteroatoms. The smallest absolute Gasteiger partial charge is 0.294 e. The third-order valence-electron chi connectivity index (χ3n) is 4.01. The van der Waals surface area contributed by atoms with Gasteiger partial charge in [-0.25, -0.2) is 0 Å². The fraction of sp³-hybridized carbons (Fsp3) is 0.600. The minimum absolute atomic E-state index is 0.0199. The van der Waals surface area contributed by atoms with Gasteiger partial charge in [0.15, 0.2) is 0 Å². The number of aliphatic hydroxyl groups excluding tert-OH is 1. The molecule has 0 amide bonds. The first kappa shape index (κ1) is 14.8. The largest absolute Gasteiger partial charge is 0.392 e. The van der Waals surface area contributed by atoms with E-state index in [-0.39, 0.29) is 18.6 Å². The molecule has 0 saturated carbocycles. The summed E-state index contributed by atoms with van der Waals surface area (Å²) in [5, 5.41) is 19.2. The predicted octanol–water partition coefficient (Wildman–Crippen LogP) is 2.36. The van der Waals surface area contributed by atoms with E-state index < -0.39 is 5.09 Å². The van der Waals surface area contributed by atoms with Gasteiger partial charge in [-0.05, 0) is 59.4 Å². The molecule has 0 heterocycles. The van der Waals surface area contributed by atoms with Crippen molar-refractivity contribution < 1.29 is 15.0 Å². The molecule has 1 aromatic carbocycles. The number of hydrogen-bond donors (Lipinski definition) is 1. The molecule has 0 unspecified atom stereocenters. The molecule has 1 aliphatic carbocycles. The molecule has 0 spiro atoms. The van der Waals surface area contributed by atoms with Crippen molar-refractivity contribution in [3.05, 3.63) is 44.0 Å². The van der Waals surface area contributed by atoms with E-state index in [0.717, 1.165) is 29.5 Å². The number of aryl methyl sites for hydroxylation is 1. The Morgan fingerprint density at radius 1 is 1.40 bits per heavy atom. The van der Waals surface area contributed by atoms with Gasteiger partial charge in [-0.2, -0.15) is 0 Å². The maximum Gasteiger partial charge on any atom is 0.294 e. The van der Waals surface area contributed by atoms with Gasteiger partial charge in [-0.1, -0.05) is 19.9 Å². The van der Waals surface area contributed by atoms with Crippen LogP contribution in [0.2, 0.25) is 0 Å². The van der Waals surface area contributed by atoms with Crippen molar-refractivity contribution in [3.8, 4) is 0 Å². The van der Waals surface area contributed by atoms with Crippen molar-refractivity contribution in [2.24, 2.45) is 5.41 Å². The lowest BCUT2D eigenvalue weighted by molar-refractivity contribution is -0.757. The molecule has 2 rings (SSSR count). The molecule has 1 N–H and O–H groups in total. The quantitative estimate of drug-likeness (QED) is 0.663. The summed E-state index contributed by atoms with van der Waals surface area (Å²) in [5.41, 5.74) is 5.75. The maximum atomic E-state index is 10.2. The maximum absolute atomic E-state index is 10.2. The Labute approximate surface area is 118 Å². The molecule has 110 valence electrons. The van der Waals surface area contributed by atoms with E-state index in [4.69, 9.17) is 0 Å². The van der Waals surface area contributed by atoms with Crippen LogP contribution in [0.1, 0.15) is 41.7 Å². The van der Waals surface area contributed by atoms with Gasteiger partial charge in [-0.3, -0.25) is 0 Å². The van der Waals surface area contributed by atoms with E-state index in [0.29, 0.717) is 6.42 Å². The van der Waals surface area contributed by atoms with Gasteiger partial charge in [0.2, 0.25) is 0 Å². The van der Waals surface area contributed by atoms with Crippen LogP contribution in [0.4, 0.5) is 0 Å². The first-order chi connectivity index (χ1) is 9.34. The first-order valence-electron chi connectivity index (χ1n) is 6.85. The molecule has 0 saturated heterocycles. The lowest BCUT2D eigenvalue weighted by Gasteiger charge is -2.17. The van der Waals surface area contributed by atoms with Crippen LogP contribution in [-0.2, 0) is 30.7 Å². The monoisotopic (exact) mass is 279 g/mol. The highest BCUT2D eigenvalue weighted by Crippen LogP contribution is 2.40. The Balaban J connectivity index is 2.32. The average Bonchev–Trinajstić information content (AvgIpc) is 2.63. The summed E-state index contributed by atoms with van der Waals surface area (Å²) < 4.78 is 0. The minimum atomic E-state index is -0.773. The molecule has 0 atom stereocenters. The molecule has 1 aromatic rings. The van der Waals surface area contributed by atoms with E-state index in [1.54, 1.807) is 0 Å². The summed E-state index contributed by atoms with van der Waals surface area (Å²) in [6.45, 7) is 6.45. The van der Waals surface area contributed by atoms with Crippen LogP contribution in [-0.4, -0.2) is 16.8 Å². The van der Waals surface area contributed by atoms with Crippen LogP contribution in [0.15, 0.2) is 6.07 Å². The summed E-state index contributed by atoms with van der Waals surface area (Å²) in [5.74, 6) is 0.